The highest BCUT2D eigenvalue weighted by Gasteiger charge is 2.19. The van der Waals surface area contributed by atoms with E-state index in [2.05, 4.69) is 10.3 Å². The lowest BCUT2D eigenvalue weighted by molar-refractivity contribution is 0.0955. The van der Waals surface area contributed by atoms with Gasteiger partial charge in [0.05, 0.1) is 24.7 Å². The summed E-state index contributed by atoms with van der Waals surface area (Å²) in [6, 6.07) is 16.9. The number of rotatable bonds is 7. The first-order valence-corrected chi connectivity index (χ1v) is 10.2. The molecule has 0 saturated heterocycles. The summed E-state index contributed by atoms with van der Waals surface area (Å²) in [5, 5.41) is 2.86. The molecule has 4 aromatic rings. The van der Waals surface area contributed by atoms with Crippen LogP contribution in [0.2, 0.25) is 0 Å². The molecule has 0 unspecified atom stereocenters. The Morgan fingerprint density at radius 3 is 2.44 bits per heavy atom. The Kier molecular flexibility index (Phi) is 5.93. The molecule has 0 saturated carbocycles. The maximum absolute atomic E-state index is 13.0. The van der Waals surface area contributed by atoms with Gasteiger partial charge in [-0.15, -0.1) is 0 Å². The van der Waals surface area contributed by atoms with E-state index in [1.165, 1.54) is 0 Å². The van der Waals surface area contributed by atoms with Crippen molar-refractivity contribution in [3.05, 3.63) is 98.3 Å². The number of nitrogens with one attached hydrogen (secondary N) is 2. The Labute approximate surface area is 184 Å². The Bertz CT molecular complexity index is 1370. The van der Waals surface area contributed by atoms with Gasteiger partial charge in [0.1, 0.15) is 11.3 Å². The van der Waals surface area contributed by atoms with Crippen LogP contribution in [0.15, 0.2) is 70.4 Å². The largest absolute Gasteiger partial charge is 0.497 e. The molecule has 32 heavy (non-hydrogen) atoms. The lowest BCUT2D eigenvalue weighted by atomic mass is 10.1. The number of hydrogen-bond donors (Lipinski definition) is 2. The van der Waals surface area contributed by atoms with E-state index in [4.69, 9.17) is 4.74 Å². The number of methoxy groups -OCH3 is 1. The van der Waals surface area contributed by atoms with E-state index in [-0.39, 0.29) is 29.0 Å². The highest BCUT2D eigenvalue weighted by atomic mass is 16.5. The third-order valence-electron chi connectivity index (χ3n) is 5.39. The number of carbonyl (C=O) groups excluding carboxylic acids is 1. The summed E-state index contributed by atoms with van der Waals surface area (Å²) in [6.45, 7) is 0.566. The van der Waals surface area contributed by atoms with E-state index < -0.39 is 11.2 Å². The SMILES string of the molecule is COc1ccc(CCNC(=O)c2cn(C)c3c(=O)n(Cc4ccccc4)c(=O)[nH]c23)cc1. The summed E-state index contributed by atoms with van der Waals surface area (Å²) in [7, 11) is 3.29. The fourth-order valence-corrected chi connectivity index (χ4v) is 3.70. The third kappa shape index (κ3) is 4.20. The molecule has 0 fully saturated rings. The molecule has 0 aliphatic heterocycles. The van der Waals surface area contributed by atoms with E-state index in [0.29, 0.717) is 13.0 Å². The molecule has 0 atom stereocenters. The second kappa shape index (κ2) is 8.97. The Morgan fingerprint density at radius 2 is 1.75 bits per heavy atom. The van der Waals surface area contributed by atoms with Crippen molar-refractivity contribution in [3.8, 4) is 5.75 Å². The van der Waals surface area contributed by atoms with Gasteiger partial charge in [-0.25, -0.2) is 4.79 Å². The fraction of sp³-hybridized carbons (Fsp3) is 0.208. The predicted molar refractivity (Wildman–Crippen MR) is 122 cm³/mol. The first-order chi connectivity index (χ1) is 15.5. The van der Waals surface area contributed by atoms with Gasteiger partial charge in [-0.3, -0.25) is 14.2 Å². The minimum atomic E-state index is -0.551. The predicted octanol–water partition coefficient (Wildman–Crippen LogP) is 2.06. The molecule has 2 heterocycles. The lowest BCUT2D eigenvalue weighted by Gasteiger charge is -2.07. The van der Waals surface area contributed by atoms with E-state index in [0.717, 1.165) is 21.4 Å². The number of H-pyrrole nitrogens is 1. The van der Waals surface area contributed by atoms with Gasteiger partial charge in [-0.05, 0) is 29.7 Å². The van der Waals surface area contributed by atoms with Crippen LogP contribution >= 0.6 is 0 Å². The molecule has 8 heteroatoms. The van der Waals surface area contributed by atoms with Crippen molar-refractivity contribution in [1.82, 2.24) is 19.4 Å². The third-order valence-corrected chi connectivity index (χ3v) is 5.39. The topological polar surface area (TPSA) is 98.1 Å². The van der Waals surface area contributed by atoms with Gasteiger partial charge >= 0.3 is 5.69 Å². The maximum atomic E-state index is 13.0. The number of ether oxygens (including phenoxy) is 1. The Morgan fingerprint density at radius 1 is 1.03 bits per heavy atom. The van der Waals surface area contributed by atoms with Crippen molar-refractivity contribution >= 4 is 16.9 Å². The first kappa shape index (κ1) is 21.2. The van der Waals surface area contributed by atoms with Crippen LogP contribution < -0.4 is 21.3 Å². The summed E-state index contributed by atoms with van der Waals surface area (Å²) in [4.78, 5) is 41.2. The molecular weight excluding hydrogens is 408 g/mol. The van der Waals surface area contributed by atoms with Crippen LogP contribution in [-0.4, -0.2) is 33.7 Å². The van der Waals surface area contributed by atoms with Gasteiger partial charge in [0.2, 0.25) is 0 Å². The molecular formula is C24H24N4O4. The van der Waals surface area contributed by atoms with Crippen molar-refractivity contribution < 1.29 is 9.53 Å². The second-order valence-electron chi connectivity index (χ2n) is 7.54. The summed E-state index contributed by atoms with van der Waals surface area (Å²) in [6.07, 6.45) is 2.21. The average molecular weight is 432 g/mol. The minimum absolute atomic E-state index is 0.152. The first-order valence-electron chi connectivity index (χ1n) is 10.2. The number of aryl methyl sites for hydroxylation is 1. The van der Waals surface area contributed by atoms with E-state index >= 15 is 0 Å². The van der Waals surface area contributed by atoms with E-state index in [1.807, 2.05) is 54.6 Å². The second-order valence-corrected chi connectivity index (χ2v) is 7.54. The smallest absolute Gasteiger partial charge is 0.329 e. The summed E-state index contributed by atoms with van der Waals surface area (Å²) in [5.74, 6) is 0.426. The van der Waals surface area contributed by atoms with Crippen molar-refractivity contribution in [2.24, 2.45) is 7.05 Å². The molecule has 164 valence electrons. The van der Waals surface area contributed by atoms with Gasteiger partial charge < -0.3 is 19.6 Å². The normalized spacial score (nSPS) is 10.9. The highest BCUT2D eigenvalue weighted by Crippen LogP contribution is 2.15. The maximum Gasteiger partial charge on any atom is 0.329 e. The van der Waals surface area contributed by atoms with Crippen LogP contribution in [0.3, 0.4) is 0 Å². The van der Waals surface area contributed by atoms with Crippen molar-refractivity contribution in [2.45, 2.75) is 13.0 Å². The standard InChI is InChI=1S/C24H24N4O4/c1-27-15-19(22(29)25-13-12-16-8-10-18(32-2)11-9-16)20-21(27)23(30)28(24(31)26-20)14-17-6-4-3-5-7-17/h3-11,15H,12-14H2,1-2H3,(H,25,29)(H,26,31). The van der Waals surface area contributed by atoms with Crippen molar-refractivity contribution in [3.63, 3.8) is 0 Å². The van der Waals surface area contributed by atoms with Crippen LogP contribution in [-0.2, 0) is 20.0 Å². The zero-order valence-electron chi connectivity index (χ0n) is 17.9. The van der Waals surface area contributed by atoms with Crippen LogP contribution in [0.25, 0.3) is 11.0 Å². The number of benzene rings is 2. The van der Waals surface area contributed by atoms with Crippen LogP contribution in [0, 0.1) is 0 Å². The summed E-state index contributed by atoms with van der Waals surface area (Å²) in [5.41, 5.74) is 1.69. The summed E-state index contributed by atoms with van der Waals surface area (Å²) < 4.78 is 7.86. The number of nitrogens with zero attached hydrogens (tertiary/aromatic N) is 2. The van der Waals surface area contributed by atoms with Crippen molar-refractivity contribution in [2.75, 3.05) is 13.7 Å². The van der Waals surface area contributed by atoms with Gasteiger partial charge in [0.25, 0.3) is 11.5 Å². The average Bonchev–Trinajstić information content (AvgIpc) is 3.14. The molecule has 0 aliphatic carbocycles. The van der Waals surface area contributed by atoms with E-state index in [9.17, 15) is 14.4 Å². The molecule has 2 N–H and O–H groups in total. The fourth-order valence-electron chi connectivity index (χ4n) is 3.70. The van der Waals surface area contributed by atoms with Crippen LogP contribution in [0.4, 0.5) is 0 Å². The lowest BCUT2D eigenvalue weighted by Crippen LogP contribution is -2.36. The number of fused-ring (bicyclic) bond motifs is 1. The number of aromatic amines is 1. The van der Waals surface area contributed by atoms with Crippen molar-refractivity contribution in [1.29, 1.82) is 0 Å². The number of hydrogen-bond acceptors (Lipinski definition) is 4. The molecule has 0 aliphatic rings. The number of amides is 1. The molecule has 0 radical (unpaired) electrons. The minimum Gasteiger partial charge on any atom is -0.497 e. The Hall–Kier alpha value is -4.07. The molecule has 4 rings (SSSR count). The zero-order valence-corrected chi connectivity index (χ0v) is 17.9. The van der Waals surface area contributed by atoms with Crippen LogP contribution in [0.5, 0.6) is 5.75 Å². The zero-order chi connectivity index (χ0) is 22.7. The highest BCUT2D eigenvalue weighted by molar-refractivity contribution is 6.05. The Balaban J connectivity index is 1.56. The van der Waals surface area contributed by atoms with Gasteiger partial charge in [-0.1, -0.05) is 42.5 Å². The molecule has 0 spiro atoms. The number of carbonyl (C=O) groups is 1. The molecule has 2 aromatic carbocycles. The number of aromatic nitrogens is 3. The quantitative estimate of drug-likeness (QED) is 0.467. The monoisotopic (exact) mass is 432 g/mol. The molecule has 2 aromatic heterocycles. The molecule has 1 amide bonds. The molecule has 0 bridgehead atoms. The van der Waals surface area contributed by atoms with Gasteiger partial charge in [0.15, 0.2) is 0 Å². The van der Waals surface area contributed by atoms with Gasteiger partial charge in [-0.2, -0.15) is 0 Å². The van der Waals surface area contributed by atoms with E-state index in [1.54, 1.807) is 24.9 Å². The van der Waals surface area contributed by atoms with Crippen LogP contribution in [0.1, 0.15) is 21.5 Å². The molecule has 8 nitrogen and oxygen atoms in total. The summed E-state index contributed by atoms with van der Waals surface area (Å²) >= 11 is 0. The van der Waals surface area contributed by atoms with Gasteiger partial charge in [0, 0.05) is 19.8 Å².